The van der Waals surface area contributed by atoms with Crippen molar-refractivity contribution >= 4 is 12.4 Å². The van der Waals surface area contributed by atoms with Gasteiger partial charge in [-0.1, -0.05) is 42.5 Å². The van der Waals surface area contributed by atoms with Crippen LogP contribution in [0.3, 0.4) is 0 Å². The maximum absolute atomic E-state index is 6.11. The van der Waals surface area contributed by atoms with Crippen LogP contribution >= 0.6 is 0 Å². The number of hydrogen-bond donors (Lipinski definition) is 0. The molecule has 5 nitrogen and oxygen atoms in total. The summed E-state index contributed by atoms with van der Waals surface area (Å²) < 4.78 is 17.5. The predicted molar refractivity (Wildman–Crippen MR) is 129 cm³/mol. The molecule has 0 saturated heterocycles. The third-order valence-electron chi connectivity index (χ3n) is 5.60. The Morgan fingerprint density at radius 2 is 1.56 bits per heavy atom. The van der Waals surface area contributed by atoms with Crippen molar-refractivity contribution in [3.8, 4) is 22.6 Å². The number of nitrogens with zero attached hydrogens (tertiary/aromatic N) is 2. The Kier molecular flexibility index (Phi) is 7.20. The van der Waals surface area contributed by atoms with E-state index in [1.165, 1.54) is 11.1 Å². The van der Waals surface area contributed by atoms with Crippen molar-refractivity contribution < 1.29 is 14.2 Å². The van der Waals surface area contributed by atoms with E-state index in [0.717, 1.165) is 47.0 Å². The lowest BCUT2D eigenvalue weighted by Gasteiger charge is -2.17. The van der Waals surface area contributed by atoms with Gasteiger partial charge in [0.05, 0.1) is 13.2 Å². The van der Waals surface area contributed by atoms with E-state index in [9.17, 15) is 0 Å². The van der Waals surface area contributed by atoms with E-state index in [1.54, 1.807) is 0 Å². The van der Waals surface area contributed by atoms with Crippen LogP contribution in [0.15, 0.2) is 65.7 Å². The molecule has 0 aliphatic carbocycles. The molecule has 166 valence electrons. The molecule has 0 aromatic heterocycles. The summed E-state index contributed by atoms with van der Waals surface area (Å²) in [5.74, 6) is 1.58. The number of rotatable bonds is 10. The van der Waals surface area contributed by atoms with E-state index in [0.29, 0.717) is 26.6 Å². The Morgan fingerprint density at radius 1 is 0.844 bits per heavy atom. The molecule has 0 fully saturated rings. The van der Waals surface area contributed by atoms with Gasteiger partial charge >= 0.3 is 0 Å². The minimum Gasteiger partial charge on any atom is -0.493 e. The largest absolute Gasteiger partial charge is 0.493 e. The highest BCUT2D eigenvalue weighted by Gasteiger charge is 2.19. The highest BCUT2D eigenvalue weighted by Crippen LogP contribution is 2.35. The zero-order valence-corrected chi connectivity index (χ0v) is 18.8. The Hall–Kier alpha value is -3.15. The maximum atomic E-state index is 6.11. The van der Waals surface area contributed by atoms with E-state index in [4.69, 9.17) is 14.2 Å². The molecule has 0 unspecified atom stereocenters. The summed E-state index contributed by atoms with van der Waals surface area (Å²) in [7, 11) is 0. The van der Waals surface area contributed by atoms with Crippen LogP contribution in [0.1, 0.15) is 30.5 Å². The molecule has 0 bridgehead atoms. The van der Waals surface area contributed by atoms with Gasteiger partial charge in [0, 0.05) is 25.3 Å². The fourth-order valence-electron chi connectivity index (χ4n) is 3.95. The summed E-state index contributed by atoms with van der Waals surface area (Å²) in [5, 5.41) is 0. The van der Waals surface area contributed by atoms with Crippen LogP contribution in [0.5, 0.6) is 11.5 Å². The van der Waals surface area contributed by atoms with Gasteiger partial charge in [-0.15, -0.1) is 0 Å². The maximum Gasteiger partial charge on any atom is 0.146 e. The molecule has 0 saturated carbocycles. The van der Waals surface area contributed by atoms with Crippen molar-refractivity contribution in [3.05, 3.63) is 77.4 Å². The fourth-order valence-corrected chi connectivity index (χ4v) is 3.95. The Balaban J connectivity index is 1.48. The second-order valence-corrected chi connectivity index (χ2v) is 7.76. The van der Waals surface area contributed by atoms with Gasteiger partial charge in [-0.3, -0.25) is 9.89 Å². The molecular weight excluding hydrogens is 400 g/mol. The molecular formula is C27H30N2O3. The Morgan fingerprint density at radius 3 is 2.25 bits per heavy atom. The molecule has 0 amide bonds. The van der Waals surface area contributed by atoms with Crippen molar-refractivity contribution in [1.29, 1.82) is 0 Å². The van der Waals surface area contributed by atoms with Crippen LogP contribution in [-0.4, -0.2) is 31.6 Å². The van der Waals surface area contributed by atoms with Gasteiger partial charge in [0.15, 0.2) is 0 Å². The topological polar surface area (TPSA) is 43.3 Å². The summed E-state index contributed by atoms with van der Waals surface area (Å²) >= 11 is 0. The lowest BCUT2D eigenvalue weighted by molar-refractivity contribution is 0.125. The van der Waals surface area contributed by atoms with Gasteiger partial charge in [-0.05, 0) is 61.0 Å². The molecule has 32 heavy (non-hydrogen) atoms. The summed E-state index contributed by atoms with van der Waals surface area (Å²) in [6.45, 7) is 11.9. The van der Waals surface area contributed by atoms with E-state index in [1.807, 2.05) is 26.0 Å². The molecule has 4 rings (SSSR count). The standard InChI is InChI=1S/C27H30N2O3/c1-4-30-18-24-11-10-21(15-27(24)31-5-2)20-12-13-26(25(14-20)28-3)32-19-29-16-22-8-6-7-9-23(22)17-29/h6-15H,3-5,16-19H2,1-2H3. The number of ether oxygens (including phenoxy) is 3. The van der Waals surface area contributed by atoms with Gasteiger partial charge in [0.1, 0.15) is 23.9 Å². The monoisotopic (exact) mass is 430 g/mol. The molecule has 1 aliphatic rings. The second kappa shape index (κ2) is 10.4. The number of benzene rings is 3. The Bertz CT molecular complexity index is 1060. The zero-order valence-electron chi connectivity index (χ0n) is 18.8. The highest BCUT2D eigenvalue weighted by molar-refractivity contribution is 5.72. The molecule has 0 spiro atoms. The van der Waals surface area contributed by atoms with Gasteiger partial charge in [-0.2, -0.15) is 0 Å². The molecule has 0 atom stereocenters. The average Bonchev–Trinajstić information content (AvgIpc) is 3.25. The van der Waals surface area contributed by atoms with Crippen molar-refractivity contribution in [2.75, 3.05) is 19.9 Å². The van der Waals surface area contributed by atoms with Crippen molar-refractivity contribution in [2.24, 2.45) is 4.99 Å². The summed E-state index contributed by atoms with van der Waals surface area (Å²) in [6.07, 6.45) is 0. The lowest BCUT2D eigenvalue weighted by Crippen LogP contribution is -2.22. The van der Waals surface area contributed by atoms with E-state index in [2.05, 4.69) is 65.1 Å². The average molecular weight is 431 g/mol. The van der Waals surface area contributed by atoms with Gasteiger partial charge in [0.25, 0.3) is 0 Å². The lowest BCUT2D eigenvalue weighted by atomic mass is 10.0. The Labute approximate surface area is 190 Å². The smallest absolute Gasteiger partial charge is 0.146 e. The first-order valence-electron chi connectivity index (χ1n) is 11.1. The number of fused-ring (bicyclic) bond motifs is 1. The number of aliphatic imine (C=N–C) groups is 1. The summed E-state index contributed by atoms with van der Waals surface area (Å²) in [6, 6.07) is 20.8. The quantitative estimate of drug-likeness (QED) is 0.372. The first-order chi connectivity index (χ1) is 15.7. The third-order valence-corrected chi connectivity index (χ3v) is 5.60. The van der Waals surface area contributed by atoms with Crippen LogP contribution in [-0.2, 0) is 24.4 Å². The third kappa shape index (κ3) is 5.01. The van der Waals surface area contributed by atoms with Gasteiger partial charge < -0.3 is 14.2 Å². The molecule has 3 aromatic rings. The second-order valence-electron chi connectivity index (χ2n) is 7.76. The van der Waals surface area contributed by atoms with Crippen LogP contribution in [0.2, 0.25) is 0 Å². The minimum absolute atomic E-state index is 0.511. The highest BCUT2D eigenvalue weighted by atomic mass is 16.5. The van der Waals surface area contributed by atoms with Crippen LogP contribution in [0, 0.1) is 0 Å². The summed E-state index contributed by atoms with van der Waals surface area (Å²) in [4.78, 5) is 6.49. The van der Waals surface area contributed by atoms with Gasteiger partial charge in [0.2, 0.25) is 0 Å². The minimum atomic E-state index is 0.511. The van der Waals surface area contributed by atoms with Crippen molar-refractivity contribution in [1.82, 2.24) is 4.90 Å². The van der Waals surface area contributed by atoms with Crippen LogP contribution < -0.4 is 9.47 Å². The van der Waals surface area contributed by atoms with Crippen LogP contribution in [0.25, 0.3) is 11.1 Å². The molecule has 1 aliphatic heterocycles. The summed E-state index contributed by atoms with van der Waals surface area (Å²) in [5.41, 5.74) is 6.61. The van der Waals surface area contributed by atoms with Gasteiger partial charge in [-0.25, -0.2) is 0 Å². The molecule has 1 heterocycles. The van der Waals surface area contributed by atoms with Crippen LogP contribution in [0.4, 0.5) is 5.69 Å². The van der Waals surface area contributed by atoms with E-state index < -0.39 is 0 Å². The fraction of sp³-hybridized carbons (Fsp3) is 0.296. The zero-order chi connectivity index (χ0) is 22.3. The van der Waals surface area contributed by atoms with E-state index in [-0.39, 0.29) is 0 Å². The van der Waals surface area contributed by atoms with Crippen molar-refractivity contribution in [3.63, 3.8) is 0 Å². The first kappa shape index (κ1) is 22.1. The molecule has 0 radical (unpaired) electrons. The van der Waals surface area contributed by atoms with Crippen molar-refractivity contribution in [2.45, 2.75) is 33.5 Å². The molecule has 5 heteroatoms. The number of hydrogen-bond acceptors (Lipinski definition) is 5. The first-order valence-corrected chi connectivity index (χ1v) is 11.1. The van der Waals surface area contributed by atoms with E-state index >= 15 is 0 Å². The predicted octanol–water partition coefficient (Wildman–Crippen LogP) is 5.97. The molecule has 3 aromatic carbocycles. The normalized spacial score (nSPS) is 13.1. The SMILES string of the molecule is C=Nc1cc(-c2ccc(COCC)c(OCC)c2)ccc1OCN1Cc2ccccc2C1. The molecule has 0 N–H and O–H groups in total.